The minimum atomic E-state index is -0.477. The Balaban J connectivity index is 1.87. The fourth-order valence-corrected chi connectivity index (χ4v) is 3.87. The molecule has 0 atom stereocenters. The van der Waals surface area contributed by atoms with Gasteiger partial charge in [0.15, 0.2) is 0 Å². The van der Waals surface area contributed by atoms with E-state index in [0.29, 0.717) is 21.8 Å². The van der Waals surface area contributed by atoms with Gasteiger partial charge in [-0.15, -0.1) is 0 Å². The average molecular weight is 435 g/mol. The molecule has 1 heterocycles. The molecular weight excluding hydrogens is 415 g/mol. The smallest absolute Gasteiger partial charge is 0.282 e. The first kappa shape index (κ1) is 20.8. The van der Waals surface area contributed by atoms with Gasteiger partial charge in [0, 0.05) is 10.7 Å². The van der Waals surface area contributed by atoms with Crippen molar-refractivity contribution in [2.24, 2.45) is 0 Å². The van der Waals surface area contributed by atoms with E-state index in [0.717, 1.165) is 21.7 Å². The molecule has 4 rings (SSSR count). The molecule has 2 amide bonds. The van der Waals surface area contributed by atoms with Crippen LogP contribution in [0, 0.1) is 26.6 Å². The van der Waals surface area contributed by atoms with E-state index in [1.54, 1.807) is 25.1 Å². The summed E-state index contributed by atoms with van der Waals surface area (Å²) in [6, 6.07) is 16.2. The van der Waals surface area contributed by atoms with Crippen LogP contribution in [0.15, 0.2) is 66.4 Å². The van der Waals surface area contributed by atoms with E-state index in [9.17, 15) is 14.0 Å². The predicted molar refractivity (Wildman–Crippen MR) is 122 cm³/mol. The number of halogens is 2. The summed E-state index contributed by atoms with van der Waals surface area (Å²) in [7, 11) is 0. The van der Waals surface area contributed by atoms with Gasteiger partial charge in [-0.3, -0.25) is 9.59 Å². The zero-order valence-corrected chi connectivity index (χ0v) is 18.0. The van der Waals surface area contributed by atoms with Crippen LogP contribution in [0.2, 0.25) is 5.02 Å². The molecule has 31 heavy (non-hydrogen) atoms. The van der Waals surface area contributed by atoms with Crippen LogP contribution in [0.3, 0.4) is 0 Å². The number of hydrogen-bond acceptors (Lipinski definition) is 3. The van der Waals surface area contributed by atoms with Crippen molar-refractivity contribution in [3.05, 3.63) is 99.5 Å². The van der Waals surface area contributed by atoms with Crippen LogP contribution in [0.25, 0.3) is 5.57 Å². The third kappa shape index (κ3) is 3.73. The third-order valence-corrected chi connectivity index (χ3v) is 5.72. The molecule has 1 N–H and O–H groups in total. The number of imide groups is 1. The number of aryl methyl sites for hydroxylation is 2. The summed E-state index contributed by atoms with van der Waals surface area (Å²) in [6.45, 7) is 5.70. The molecule has 1 aliphatic heterocycles. The summed E-state index contributed by atoms with van der Waals surface area (Å²) in [5.74, 6) is -1.37. The third-order valence-electron chi connectivity index (χ3n) is 5.48. The molecule has 6 heteroatoms. The number of nitrogens with zero attached hydrogens (tertiary/aromatic N) is 1. The van der Waals surface area contributed by atoms with E-state index in [1.165, 1.54) is 24.3 Å². The second kappa shape index (κ2) is 8.00. The van der Waals surface area contributed by atoms with Gasteiger partial charge in [-0.1, -0.05) is 35.9 Å². The van der Waals surface area contributed by atoms with Gasteiger partial charge in [-0.2, -0.15) is 0 Å². The number of carbonyl (C=O) groups excluding carboxylic acids is 2. The first-order chi connectivity index (χ1) is 14.8. The highest BCUT2D eigenvalue weighted by Crippen LogP contribution is 2.36. The second-order valence-electron chi connectivity index (χ2n) is 7.51. The van der Waals surface area contributed by atoms with Crippen molar-refractivity contribution in [3.63, 3.8) is 0 Å². The fourth-order valence-electron chi connectivity index (χ4n) is 3.64. The molecule has 0 spiro atoms. The summed E-state index contributed by atoms with van der Waals surface area (Å²) in [5.41, 5.74) is 4.70. The standard InChI is InChI=1S/C25H20ClFN2O2/c1-14-5-4-6-20(16(14)3)28-23-22(17-7-10-19(27)11-8-17)24(30)29(25(23)31)21-12-9-18(26)13-15(21)2/h4-13,28H,1-3H3. The van der Waals surface area contributed by atoms with Gasteiger partial charge in [0.05, 0.1) is 11.3 Å². The maximum atomic E-state index is 13.5. The number of rotatable bonds is 4. The lowest BCUT2D eigenvalue weighted by atomic mass is 10.0. The topological polar surface area (TPSA) is 49.4 Å². The Labute approximate surface area is 185 Å². The van der Waals surface area contributed by atoms with Crippen LogP contribution in [0.1, 0.15) is 22.3 Å². The Morgan fingerprint density at radius 3 is 2.26 bits per heavy atom. The van der Waals surface area contributed by atoms with Gasteiger partial charge in [-0.25, -0.2) is 9.29 Å². The Bertz CT molecular complexity index is 1250. The van der Waals surface area contributed by atoms with Crippen LogP contribution >= 0.6 is 11.6 Å². The zero-order chi connectivity index (χ0) is 22.3. The van der Waals surface area contributed by atoms with Crippen molar-refractivity contribution in [2.75, 3.05) is 10.2 Å². The van der Waals surface area contributed by atoms with Crippen molar-refractivity contribution in [1.82, 2.24) is 0 Å². The lowest BCUT2D eigenvalue weighted by Crippen LogP contribution is -2.33. The number of carbonyl (C=O) groups is 2. The van der Waals surface area contributed by atoms with Crippen LogP contribution in [0.4, 0.5) is 15.8 Å². The molecule has 0 fully saturated rings. The average Bonchev–Trinajstić information content (AvgIpc) is 2.96. The van der Waals surface area contributed by atoms with Crippen molar-refractivity contribution in [1.29, 1.82) is 0 Å². The second-order valence-corrected chi connectivity index (χ2v) is 7.94. The molecule has 0 bridgehead atoms. The Morgan fingerprint density at radius 1 is 0.871 bits per heavy atom. The molecule has 0 aliphatic carbocycles. The molecule has 0 saturated heterocycles. The predicted octanol–water partition coefficient (Wildman–Crippen LogP) is 5.80. The van der Waals surface area contributed by atoms with E-state index >= 15 is 0 Å². The van der Waals surface area contributed by atoms with Gasteiger partial charge in [0.25, 0.3) is 11.8 Å². The SMILES string of the molecule is Cc1cc(Cl)ccc1N1C(=O)C(Nc2cccc(C)c2C)=C(c2ccc(F)cc2)C1=O. The quantitative estimate of drug-likeness (QED) is 0.528. The van der Waals surface area contributed by atoms with Crippen LogP contribution < -0.4 is 10.2 Å². The molecule has 1 aliphatic rings. The summed E-state index contributed by atoms with van der Waals surface area (Å²) in [6.07, 6.45) is 0. The maximum Gasteiger partial charge on any atom is 0.282 e. The largest absolute Gasteiger partial charge is 0.350 e. The fraction of sp³-hybridized carbons (Fsp3) is 0.120. The van der Waals surface area contributed by atoms with Crippen LogP contribution in [-0.2, 0) is 9.59 Å². The van der Waals surface area contributed by atoms with E-state index in [2.05, 4.69) is 5.32 Å². The number of amides is 2. The summed E-state index contributed by atoms with van der Waals surface area (Å²) in [4.78, 5) is 28.1. The Hall–Kier alpha value is -3.44. The minimum Gasteiger partial charge on any atom is -0.350 e. The first-order valence-corrected chi connectivity index (χ1v) is 10.1. The molecule has 0 radical (unpaired) electrons. The highest BCUT2D eigenvalue weighted by Gasteiger charge is 2.41. The molecule has 4 nitrogen and oxygen atoms in total. The monoisotopic (exact) mass is 434 g/mol. The van der Waals surface area contributed by atoms with Crippen LogP contribution in [-0.4, -0.2) is 11.8 Å². The number of anilines is 2. The van der Waals surface area contributed by atoms with Gasteiger partial charge < -0.3 is 5.32 Å². The maximum absolute atomic E-state index is 13.5. The Kier molecular flexibility index (Phi) is 5.38. The normalized spacial score (nSPS) is 13.9. The van der Waals surface area contributed by atoms with E-state index in [1.807, 2.05) is 32.0 Å². The molecule has 0 unspecified atom stereocenters. The van der Waals surface area contributed by atoms with Crippen molar-refractivity contribution >= 4 is 40.4 Å². The van der Waals surface area contributed by atoms with Gasteiger partial charge in [-0.05, 0) is 79.4 Å². The van der Waals surface area contributed by atoms with Gasteiger partial charge in [0.2, 0.25) is 0 Å². The van der Waals surface area contributed by atoms with Gasteiger partial charge >= 0.3 is 0 Å². The van der Waals surface area contributed by atoms with Crippen LogP contribution in [0.5, 0.6) is 0 Å². The molecular formula is C25H20ClFN2O2. The van der Waals surface area contributed by atoms with Gasteiger partial charge in [0.1, 0.15) is 11.5 Å². The molecule has 3 aromatic carbocycles. The molecule has 3 aromatic rings. The summed E-state index contributed by atoms with van der Waals surface area (Å²) < 4.78 is 13.5. The number of hydrogen-bond donors (Lipinski definition) is 1. The van der Waals surface area contributed by atoms with Crippen molar-refractivity contribution in [2.45, 2.75) is 20.8 Å². The molecule has 156 valence electrons. The highest BCUT2D eigenvalue weighted by molar-refractivity contribution is 6.46. The summed E-state index contributed by atoms with van der Waals surface area (Å²) in [5, 5.41) is 3.69. The van der Waals surface area contributed by atoms with E-state index < -0.39 is 17.6 Å². The minimum absolute atomic E-state index is 0.152. The first-order valence-electron chi connectivity index (χ1n) is 9.76. The lowest BCUT2D eigenvalue weighted by Gasteiger charge is -2.18. The van der Waals surface area contributed by atoms with E-state index in [-0.39, 0.29) is 11.3 Å². The molecule has 0 saturated carbocycles. The zero-order valence-electron chi connectivity index (χ0n) is 17.3. The number of nitrogens with one attached hydrogen (secondary N) is 1. The lowest BCUT2D eigenvalue weighted by molar-refractivity contribution is -0.120. The van der Waals surface area contributed by atoms with Crippen molar-refractivity contribution in [3.8, 4) is 0 Å². The van der Waals surface area contributed by atoms with Crippen molar-refractivity contribution < 1.29 is 14.0 Å². The summed E-state index contributed by atoms with van der Waals surface area (Å²) >= 11 is 6.06. The molecule has 0 aromatic heterocycles. The highest BCUT2D eigenvalue weighted by atomic mass is 35.5. The number of benzene rings is 3. The Morgan fingerprint density at radius 2 is 1.58 bits per heavy atom. The van der Waals surface area contributed by atoms with E-state index in [4.69, 9.17) is 11.6 Å².